The molecule has 2 N–H and O–H groups in total. The van der Waals surface area contributed by atoms with Crippen LogP contribution in [-0.4, -0.2) is 43.2 Å². The molecular weight excluding hydrogens is 340 g/mol. The molecule has 0 saturated carbocycles. The monoisotopic (exact) mass is 370 g/mol. The van der Waals surface area contributed by atoms with Gasteiger partial charge in [-0.05, 0) is 57.2 Å². The summed E-state index contributed by atoms with van der Waals surface area (Å²) in [7, 11) is 0. The third kappa shape index (κ3) is 5.79. The first-order valence-corrected chi connectivity index (χ1v) is 9.01. The number of ether oxygens (including phenoxy) is 2. The molecule has 0 spiro atoms. The Balaban J connectivity index is 0.00000312. The van der Waals surface area contributed by atoms with Crippen molar-refractivity contribution < 1.29 is 14.3 Å². The van der Waals surface area contributed by atoms with E-state index in [0.717, 1.165) is 32.4 Å². The van der Waals surface area contributed by atoms with Gasteiger partial charge in [0.05, 0.1) is 13.2 Å². The number of likely N-dealkylation sites (tertiary alicyclic amines) is 1. The van der Waals surface area contributed by atoms with Crippen LogP contribution in [0.4, 0.5) is 0 Å². The van der Waals surface area contributed by atoms with Crippen LogP contribution in [0.25, 0.3) is 0 Å². The van der Waals surface area contributed by atoms with Gasteiger partial charge in [0.25, 0.3) is 5.91 Å². The van der Waals surface area contributed by atoms with Crippen molar-refractivity contribution in [3.05, 3.63) is 23.8 Å². The molecule has 1 heterocycles. The summed E-state index contributed by atoms with van der Waals surface area (Å²) >= 11 is 0. The molecule has 0 aliphatic carbocycles. The van der Waals surface area contributed by atoms with Crippen LogP contribution in [0.5, 0.6) is 11.5 Å². The van der Waals surface area contributed by atoms with Crippen LogP contribution in [0.2, 0.25) is 0 Å². The van der Waals surface area contributed by atoms with E-state index in [1.807, 2.05) is 30.9 Å². The lowest BCUT2D eigenvalue weighted by Gasteiger charge is -2.34. The van der Waals surface area contributed by atoms with Gasteiger partial charge in [0.2, 0.25) is 0 Å². The molecule has 0 radical (unpaired) electrons. The summed E-state index contributed by atoms with van der Waals surface area (Å²) in [6.07, 6.45) is 3.03. The van der Waals surface area contributed by atoms with E-state index < -0.39 is 0 Å². The number of rotatable bonds is 7. The zero-order valence-corrected chi connectivity index (χ0v) is 16.3. The fourth-order valence-corrected chi connectivity index (χ4v) is 3.05. The first-order chi connectivity index (χ1) is 11.6. The first kappa shape index (κ1) is 21.6. The number of halogens is 1. The van der Waals surface area contributed by atoms with Crippen molar-refractivity contribution in [3.63, 3.8) is 0 Å². The third-order valence-electron chi connectivity index (χ3n) is 4.44. The predicted octanol–water partition coefficient (Wildman–Crippen LogP) is 3.50. The number of nitrogens with zero attached hydrogens (tertiary/aromatic N) is 1. The van der Waals surface area contributed by atoms with E-state index in [1.54, 1.807) is 6.07 Å². The molecule has 1 aromatic carbocycles. The molecule has 2 atom stereocenters. The highest BCUT2D eigenvalue weighted by Gasteiger charge is 2.27. The molecule has 1 fully saturated rings. The number of carbonyl (C=O) groups is 1. The average molecular weight is 371 g/mol. The SMILES string of the molecule is CCCOc1ccc(C(=O)N2CCCC(C(C)N)C2)cc1OCC.Cl. The maximum Gasteiger partial charge on any atom is 0.254 e. The van der Waals surface area contributed by atoms with Gasteiger partial charge >= 0.3 is 0 Å². The summed E-state index contributed by atoms with van der Waals surface area (Å²) < 4.78 is 11.4. The maximum absolute atomic E-state index is 12.8. The second-order valence-electron chi connectivity index (χ2n) is 6.46. The minimum atomic E-state index is 0. The summed E-state index contributed by atoms with van der Waals surface area (Å²) in [6.45, 7) is 8.70. The molecule has 5 nitrogen and oxygen atoms in total. The van der Waals surface area contributed by atoms with Crippen molar-refractivity contribution >= 4 is 18.3 Å². The van der Waals surface area contributed by atoms with Crippen molar-refractivity contribution in [1.82, 2.24) is 4.90 Å². The average Bonchev–Trinajstić information content (AvgIpc) is 2.60. The van der Waals surface area contributed by atoms with E-state index in [4.69, 9.17) is 15.2 Å². The third-order valence-corrected chi connectivity index (χ3v) is 4.44. The zero-order valence-electron chi connectivity index (χ0n) is 15.5. The predicted molar refractivity (Wildman–Crippen MR) is 103 cm³/mol. The largest absolute Gasteiger partial charge is 0.490 e. The van der Waals surface area contributed by atoms with Crippen LogP contribution in [0.1, 0.15) is 50.4 Å². The lowest BCUT2D eigenvalue weighted by atomic mass is 9.92. The summed E-state index contributed by atoms with van der Waals surface area (Å²) in [5.74, 6) is 1.75. The first-order valence-electron chi connectivity index (χ1n) is 9.01. The van der Waals surface area contributed by atoms with Gasteiger partial charge in [0.15, 0.2) is 11.5 Å². The fourth-order valence-electron chi connectivity index (χ4n) is 3.05. The zero-order chi connectivity index (χ0) is 17.5. The number of benzene rings is 1. The van der Waals surface area contributed by atoms with Gasteiger partial charge < -0.3 is 20.1 Å². The molecule has 0 aromatic heterocycles. The molecule has 0 bridgehead atoms. The molecule has 6 heteroatoms. The normalized spacial score (nSPS) is 18.2. The van der Waals surface area contributed by atoms with E-state index in [9.17, 15) is 4.79 Å². The van der Waals surface area contributed by atoms with Crippen molar-refractivity contribution in [2.75, 3.05) is 26.3 Å². The van der Waals surface area contributed by atoms with Gasteiger partial charge in [-0.15, -0.1) is 12.4 Å². The smallest absolute Gasteiger partial charge is 0.254 e. The Morgan fingerprint density at radius 2 is 2.08 bits per heavy atom. The van der Waals surface area contributed by atoms with E-state index in [0.29, 0.717) is 36.2 Å². The highest BCUT2D eigenvalue weighted by molar-refractivity contribution is 5.95. The van der Waals surface area contributed by atoms with Crippen molar-refractivity contribution in [2.24, 2.45) is 11.7 Å². The van der Waals surface area contributed by atoms with Gasteiger partial charge in [0.1, 0.15) is 0 Å². The Morgan fingerprint density at radius 1 is 1.32 bits per heavy atom. The maximum atomic E-state index is 12.8. The van der Waals surface area contributed by atoms with Crippen molar-refractivity contribution in [2.45, 2.75) is 46.1 Å². The molecule has 1 aromatic rings. The van der Waals surface area contributed by atoms with E-state index in [-0.39, 0.29) is 24.4 Å². The number of hydrogen-bond acceptors (Lipinski definition) is 4. The highest BCUT2D eigenvalue weighted by atomic mass is 35.5. The van der Waals surface area contributed by atoms with Gasteiger partial charge in [-0.2, -0.15) is 0 Å². The Kier molecular flexibility index (Phi) is 9.08. The van der Waals surface area contributed by atoms with Crippen LogP contribution in [0.15, 0.2) is 18.2 Å². The number of nitrogens with two attached hydrogens (primary N) is 1. The summed E-state index contributed by atoms with van der Waals surface area (Å²) in [5.41, 5.74) is 6.67. The Labute approximate surface area is 157 Å². The Bertz CT molecular complexity index is 551. The molecule has 1 amide bonds. The van der Waals surface area contributed by atoms with Crippen LogP contribution < -0.4 is 15.2 Å². The topological polar surface area (TPSA) is 64.8 Å². The quantitative estimate of drug-likeness (QED) is 0.797. The van der Waals surface area contributed by atoms with Gasteiger partial charge in [0, 0.05) is 24.7 Å². The minimum Gasteiger partial charge on any atom is -0.490 e. The van der Waals surface area contributed by atoms with Crippen molar-refractivity contribution in [3.8, 4) is 11.5 Å². The van der Waals surface area contributed by atoms with E-state index >= 15 is 0 Å². The molecular formula is C19H31ClN2O3. The Hall–Kier alpha value is -1.46. The number of hydrogen-bond donors (Lipinski definition) is 1. The molecule has 1 aliphatic heterocycles. The molecule has 2 unspecified atom stereocenters. The van der Waals surface area contributed by atoms with Gasteiger partial charge in [-0.25, -0.2) is 0 Å². The lowest BCUT2D eigenvalue weighted by Crippen LogP contribution is -2.45. The van der Waals surface area contributed by atoms with Crippen LogP contribution >= 0.6 is 12.4 Å². The van der Waals surface area contributed by atoms with E-state index in [1.165, 1.54) is 0 Å². The highest BCUT2D eigenvalue weighted by Crippen LogP contribution is 2.30. The summed E-state index contributed by atoms with van der Waals surface area (Å²) in [6, 6.07) is 5.57. The second kappa shape index (κ2) is 10.5. The van der Waals surface area contributed by atoms with Crippen molar-refractivity contribution in [1.29, 1.82) is 0 Å². The summed E-state index contributed by atoms with van der Waals surface area (Å²) in [5, 5.41) is 0. The lowest BCUT2D eigenvalue weighted by molar-refractivity contribution is 0.0660. The molecule has 142 valence electrons. The van der Waals surface area contributed by atoms with E-state index in [2.05, 4.69) is 6.92 Å². The minimum absolute atomic E-state index is 0. The van der Waals surface area contributed by atoms with Gasteiger partial charge in [-0.3, -0.25) is 4.79 Å². The molecule has 1 aliphatic rings. The molecule has 2 rings (SSSR count). The standard InChI is InChI=1S/C19H30N2O3.ClH/c1-4-11-24-17-9-8-15(12-18(17)23-5-2)19(22)21-10-6-7-16(13-21)14(3)20;/h8-9,12,14,16H,4-7,10-11,13,20H2,1-3H3;1H. The number of carbonyl (C=O) groups excluding carboxylic acids is 1. The van der Waals surface area contributed by atoms with Crippen LogP contribution in [-0.2, 0) is 0 Å². The fraction of sp³-hybridized carbons (Fsp3) is 0.632. The number of piperidine rings is 1. The molecule has 1 saturated heterocycles. The second-order valence-corrected chi connectivity index (χ2v) is 6.46. The summed E-state index contributed by atoms with van der Waals surface area (Å²) in [4.78, 5) is 14.8. The van der Waals surface area contributed by atoms with Crippen LogP contribution in [0.3, 0.4) is 0 Å². The molecule has 25 heavy (non-hydrogen) atoms. The van der Waals surface area contributed by atoms with Gasteiger partial charge in [-0.1, -0.05) is 6.92 Å². The van der Waals surface area contributed by atoms with Crippen LogP contribution in [0, 0.1) is 5.92 Å². The Morgan fingerprint density at radius 3 is 2.72 bits per heavy atom. The number of amides is 1.